The molecule has 1 heterocycles. The minimum atomic E-state index is -0.220. The van der Waals surface area contributed by atoms with E-state index in [0.717, 1.165) is 17.9 Å². The molecule has 0 saturated carbocycles. The first-order chi connectivity index (χ1) is 8.70. The molecule has 0 aliphatic heterocycles. The molecule has 0 bridgehead atoms. The lowest BCUT2D eigenvalue weighted by Crippen LogP contribution is -2.17. The topological polar surface area (TPSA) is 28.4 Å². The number of nitrogens with one attached hydrogen (secondary N) is 1. The number of furan rings is 1. The maximum Gasteiger partial charge on any atom is 0.146 e. The van der Waals surface area contributed by atoms with Gasteiger partial charge in [0, 0.05) is 19.2 Å². The monoisotopic (exact) mass is 248 g/mol. The molecule has 2 rings (SSSR count). The van der Waals surface area contributed by atoms with Crippen LogP contribution in [0.25, 0.3) is 0 Å². The average molecular weight is 248 g/mol. The van der Waals surface area contributed by atoms with E-state index in [-0.39, 0.29) is 5.82 Å². The number of hydrogen-bond acceptors (Lipinski definition) is 3. The second-order valence-corrected chi connectivity index (χ2v) is 4.26. The Hall–Kier alpha value is -1.81. The molecule has 0 radical (unpaired) electrons. The summed E-state index contributed by atoms with van der Waals surface area (Å²) in [5, 5.41) is 3.06. The number of benzene rings is 1. The van der Waals surface area contributed by atoms with Crippen LogP contribution in [0.15, 0.2) is 41.0 Å². The summed E-state index contributed by atoms with van der Waals surface area (Å²) < 4.78 is 19.0. The van der Waals surface area contributed by atoms with Gasteiger partial charge in [0.1, 0.15) is 11.6 Å². The normalized spacial score (nSPS) is 10.6. The molecule has 0 aliphatic carbocycles. The lowest BCUT2D eigenvalue weighted by atomic mass is 10.2. The van der Waals surface area contributed by atoms with Crippen LogP contribution in [-0.4, -0.2) is 14.1 Å². The van der Waals surface area contributed by atoms with Crippen molar-refractivity contribution in [1.82, 2.24) is 5.32 Å². The highest BCUT2D eigenvalue weighted by Crippen LogP contribution is 2.20. The van der Waals surface area contributed by atoms with Crippen LogP contribution in [-0.2, 0) is 13.1 Å². The summed E-state index contributed by atoms with van der Waals surface area (Å²) in [5.41, 5.74) is 1.67. The highest BCUT2D eigenvalue weighted by molar-refractivity contribution is 5.46. The summed E-state index contributed by atoms with van der Waals surface area (Å²) >= 11 is 0. The maximum atomic E-state index is 13.6. The maximum absolute atomic E-state index is 13.6. The fourth-order valence-corrected chi connectivity index (χ4v) is 1.89. The zero-order chi connectivity index (χ0) is 13.0. The number of rotatable bonds is 5. The van der Waals surface area contributed by atoms with Gasteiger partial charge in [0.2, 0.25) is 0 Å². The lowest BCUT2D eigenvalue weighted by Gasteiger charge is -2.18. The lowest BCUT2D eigenvalue weighted by molar-refractivity contribution is 0.503. The van der Waals surface area contributed by atoms with E-state index in [4.69, 9.17) is 4.42 Å². The van der Waals surface area contributed by atoms with Crippen molar-refractivity contribution in [3.8, 4) is 0 Å². The van der Waals surface area contributed by atoms with Crippen LogP contribution in [0, 0.1) is 5.82 Å². The Morgan fingerprint density at radius 2 is 2.11 bits per heavy atom. The number of anilines is 1. The molecule has 0 fully saturated rings. The van der Waals surface area contributed by atoms with Gasteiger partial charge in [0.05, 0.1) is 18.5 Å². The van der Waals surface area contributed by atoms with Crippen LogP contribution < -0.4 is 10.2 Å². The third-order valence-corrected chi connectivity index (χ3v) is 2.75. The minimum absolute atomic E-state index is 0.220. The summed E-state index contributed by atoms with van der Waals surface area (Å²) in [7, 11) is 3.73. The van der Waals surface area contributed by atoms with Crippen molar-refractivity contribution in [2.75, 3.05) is 19.0 Å². The van der Waals surface area contributed by atoms with Crippen LogP contribution in [0.2, 0.25) is 0 Å². The van der Waals surface area contributed by atoms with Crippen molar-refractivity contribution < 1.29 is 8.81 Å². The van der Waals surface area contributed by atoms with E-state index >= 15 is 0 Å². The van der Waals surface area contributed by atoms with Gasteiger partial charge in [-0.05, 0) is 25.2 Å². The van der Waals surface area contributed by atoms with Crippen molar-refractivity contribution in [3.05, 3.63) is 53.7 Å². The number of nitrogens with zero attached hydrogens (tertiary/aromatic N) is 1. The largest absolute Gasteiger partial charge is 0.467 e. The molecule has 0 aliphatic rings. The molecule has 96 valence electrons. The summed E-state index contributed by atoms with van der Waals surface area (Å²) in [6.45, 7) is 1.32. The van der Waals surface area contributed by atoms with Crippen LogP contribution in [0.5, 0.6) is 0 Å². The summed E-state index contributed by atoms with van der Waals surface area (Å²) in [5.74, 6) is 0.605. The van der Waals surface area contributed by atoms with Gasteiger partial charge >= 0.3 is 0 Å². The van der Waals surface area contributed by atoms with E-state index < -0.39 is 0 Å². The van der Waals surface area contributed by atoms with E-state index in [0.29, 0.717) is 12.2 Å². The smallest absolute Gasteiger partial charge is 0.146 e. The van der Waals surface area contributed by atoms with E-state index in [1.54, 1.807) is 18.4 Å². The van der Waals surface area contributed by atoms with Gasteiger partial charge in [-0.1, -0.05) is 12.1 Å². The van der Waals surface area contributed by atoms with Gasteiger partial charge in [-0.2, -0.15) is 0 Å². The Morgan fingerprint density at radius 1 is 1.33 bits per heavy atom. The molecular formula is C14H17FN2O. The van der Waals surface area contributed by atoms with E-state index in [1.165, 1.54) is 6.07 Å². The van der Waals surface area contributed by atoms with Gasteiger partial charge in [0.15, 0.2) is 0 Å². The Bertz CT molecular complexity index is 510. The van der Waals surface area contributed by atoms with Gasteiger partial charge in [0.25, 0.3) is 0 Å². The molecule has 1 N–H and O–H groups in total. The summed E-state index contributed by atoms with van der Waals surface area (Å²) in [6, 6.07) is 8.70. The van der Waals surface area contributed by atoms with E-state index in [1.807, 2.05) is 31.1 Å². The van der Waals surface area contributed by atoms with E-state index in [2.05, 4.69) is 5.32 Å². The summed E-state index contributed by atoms with van der Waals surface area (Å²) in [4.78, 5) is 1.83. The predicted molar refractivity (Wildman–Crippen MR) is 70.0 cm³/mol. The molecule has 2 aromatic rings. The van der Waals surface area contributed by atoms with Crippen LogP contribution in [0.4, 0.5) is 10.1 Å². The number of para-hydroxylation sites is 1. The molecule has 0 saturated heterocycles. The van der Waals surface area contributed by atoms with Gasteiger partial charge in [-0.3, -0.25) is 0 Å². The zero-order valence-corrected chi connectivity index (χ0v) is 10.6. The molecule has 0 amide bonds. The Morgan fingerprint density at radius 3 is 2.83 bits per heavy atom. The van der Waals surface area contributed by atoms with Crippen molar-refractivity contribution in [2.45, 2.75) is 13.1 Å². The highest BCUT2D eigenvalue weighted by atomic mass is 19.1. The Labute approximate surface area is 106 Å². The number of hydrogen-bond donors (Lipinski definition) is 1. The fraction of sp³-hybridized carbons (Fsp3) is 0.286. The molecule has 4 heteroatoms. The molecule has 18 heavy (non-hydrogen) atoms. The summed E-state index contributed by atoms with van der Waals surface area (Å²) in [6.07, 6.45) is 1.72. The third kappa shape index (κ3) is 2.90. The molecule has 0 atom stereocenters. The third-order valence-electron chi connectivity index (χ3n) is 2.75. The average Bonchev–Trinajstić information content (AvgIpc) is 2.77. The van der Waals surface area contributed by atoms with Crippen molar-refractivity contribution >= 4 is 5.69 Å². The first-order valence-electron chi connectivity index (χ1n) is 5.87. The predicted octanol–water partition coefficient (Wildman–Crippen LogP) is 2.77. The quantitative estimate of drug-likeness (QED) is 0.882. The molecule has 0 unspecified atom stereocenters. The first kappa shape index (κ1) is 12.6. The zero-order valence-electron chi connectivity index (χ0n) is 10.6. The second-order valence-electron chi connectivity index (χ2n) is 4.26. The first-order valence-corrected chi connectivity index (χ1v) is 5.87. The highest BCUT2D eigenvalue weighted by Gasteiger charge is 2.09. The Kier molecular flexibility index (Phi) is 3.99. The molecule has 1 aromatic carbocycles. The van der Waals surface area contributed by atoms with Crippen LogP contribution in [0.1, 0.15) is 11.3 Å². The molecule has 0 spiro atoms. The Balaban J connectivity index is 2.06. The van der Waals surface area contributed by atoms with Crippen LogP contribution in [0.3, 0.4) is 0 Å². The van der Waals surface area contributed by atoms with Crippen molar-refractivity contribution in [1.29, 1.82) is 0 Å². The molecule has 1 aromatic heterocycles. The second kappa shape index (κ2) is 5.69. The minimum Gasteiger partial charge on any atom is -0.467 e. The fourth-order valence-electron chi connectivity index (χ4n) is 1.89. The SMILES string of the molecule is CNCc1coc(CN(C)c2ccccc2F)c1. The van der Waals surface area contributed by atoms with E-state index in [9.17, 15) is 4.39 Å². The van der Waals surface area contributed by atoms with Crippen molar-refractivity contribution in [2.24, 2.45) is 0 Å². The molecule has 3 nitrogen and oxygen atoms in total. The van der Waals surface area contributed by atoms with Crippen molar-refractivity contribution in [3.63, 3.8) is 0 Å². The standard InChI is InChI=1S/C14H17FN2O/c1-16-8-11-7-12(18-10-11)9-17(2)14-6-4-3-5-13(14)15/h3-7,10,16H,8-9H2,1-2H3. The van der Waals surface area contributed by atoms with Gasteiger partial charge in [-0.25, -0.2) is 4.39 Å². The van der Waals surface area contributed by atoms with Gasteiger partial charge < -0.3 is 14.6 Å². The number of halogens is 1. The van der Waals surface area contributed by atoms with Gasteiger partial charge in [-0.15, -0.1) is 0 Å². The van der Waals surface area contributed by atoms with Crippen LogP contribution >= 0.6 is 0 Å². The molecular weight excluding hydrogens is 231 g/mol.